The first kappa shape index (κ1) is 15.2. The molecule has 3 nitrogen and oxygen atoms in total. The molecule has 1 aliphatic rings. The summed E-state index contributed by atoms with van der Waals surface area (Å²) in [5.74, 6) is 1.55. The van der Waals surface area contributed by atoms with Gasteiger partial charge in [0.05, 0.1) is 14.2 Å². The molecular weight excluding hydrogens is 322 g/mol. The van der Waals surface area contributed by atoms with Gasteiger partial charge in [0.15, 0.2) is 11.5 Å². The molecule has 2 heterocycles. The van der Waals surface area contributed by atoms with Gasteiger partial charge in [-0.2, -0.15) is 0 Å². The lowest BCUT2D eigenvalue weighted by atomic mass is 9.97. The summed E-state index contributed by atoms with van der Waals surface area (Å²) >= 11 is 6.00. The van der Waals surface area contributed by atoms with E-state index in [2.05, 4.69) is 41.1 Å². The predicted molar refractivity (Wildman–Crippen MR) is 97.1 cm³/mol. The number of aryl methyl sites for hydroxylation is 2. The van der Waals surface area contributed by atoms with E-state index < -0.39 is 0 Å². The van der Waals surface area contributed by atoms with Crippen molar-refractivity contribution in [2.75, 3.05) is 14.2 Å². The smallest absolute Gasteiger partial charge is 0.161 e. The largest absolute Gasteiger partial charge is 0.493 e. The molecule has 0 atom stereocenters. The summed E-state index contributed by atoms with van der Waals surface area (Å²) in [5, 5.41) is 0.755. The van der Waals surface area contributed by atoms with Crippen molar-refractivity contribution in [3.05, 3.63) is 59.2 Å². The molecule has 122 valence electrons. The number of fused-ring (bicyclic) bond motifs is 3. The number of hydrogen-bond acceptors (Lipinski definition) is 2. The molecule has 0 N–H and O–H groups in total. The summed E-state index contributed by atoms with van der Waals surface area (Å²) in [6, 6.07) is 14.4. The van der Waals surface area contributed by atoms with E-state index in [1.807, 2.05) is 12.1 Å². The molecule has 1 aromatic heterocycles. The molecule has 2 aromatic carbocycles. The van der Waals surface area contributed by atoms with Gasteiger partial charge in [-0.25, -0.2) is 0 Å². The molecular formula is C20H18ClNO2. The minimum absolute atomic E-state index is 0.755. The summed E-state index contributed by atoms with van der Waals surface area (Å²) in [6.45, 7) is 0.964. The average Bonchev–Trinajstić information content (AvgIpc) is 3.05. The topological polar surface area (TPSA) is 23.4 Å². The number of methoxy groups -OCH3 is 2. The second kappa shape index (κ2) is 5.91. The number of rotatable bonds is 3. The summed E-state index contributed by atoms with van der Waals surface area (Å²) in [4.78, 5) is 0. The summed E-state index contributed by atoms with van der Waals surface area (Å²) in [7, 11) is 3.35. The number of ether oxygens (including phenoxy) is 2. The van der Waals surface area contributed by atoms with Gasteiger partial charge in [0.1, 0.15) is 0 Å². The van der Waals surface area contributed by atoms with Crippen LogP contribution >= 0.6 is 11.6 Å². The number of halogens is 1. The van der Waals surface area contributed by atoms with Gasteiger partial charge >= 0.3 is 0 Å². The van der Waals surface area contributed by atoms with E-state index in [-0.39, 0.29) is 0 Å². The van der Waals surface area contributed by atoms with Crippen molar-refractivity contribution in [3.63, 3.8) is 0 Å². The fourth-order valence-electron chi connectivity index (χ4n) is 3.33. The zero-order valence-corrected chi connectivity index (χ0v) is 14.4. The van der Waals surface area contributed by atoms with Gasteiger partial charge in [0, 0.05) is 29.0 Å². The van der Waals surface area contributed by atoms with E-state index in [1.165, 1.54) is 27.9 Å². The van der Waals surface area contributed by atoms with Crippen LogP contribution in [0.4, 0.5) is 0 Å². The molecule has 0 aliphatic carbocycles. The van der Waals surface area contributed by atoms with Gasteiger partial charge in [0.25, 0.3) is 0 Å². The Labute approximate surface area is 146 Å². The molecule has 0 fully saturated rings. The van der Waals surface area contributed by atoms with Crippen molar-refractivity contribution < 1.29 is 9.47 Å². The molecule has 0 saturated heterocycles. The maximum Gasteiger partial charge on any atom is 0.161 e. The monoisotopic (exact) mass is 339 g/mol. The van der Waals surface area contributed by atoms with Crippen molar-refractivity contribution >= 4 is 11.6 Å². The molecule has 0 radical (unpaired) electrons. The van der Waals surface area contributed by atoms with E-state index >= 15 is 0 Å². The molecule has 0 saturated carbocycles. The fraction of sp³-hybridized carbons (Fsp3) is 0.200. The Kier molecular flexibility index (Phi) is 3.73. The van der Waals surface area contributed by atoms with E-state index in [4.69, 9.17) is 21.1 Å². The minimum Gasteiger partial charge on any atom is -0.493 e. The first-order valence-corrected chi connectivity index (χ1v) is 8.29. The van der Waals surface area contributed by atoms with Crippen LogP contribution in [0, 0.1) is 0 Å². The first-order valence-electron chi connectivity index (χ1n) is 7.91. The Morgan fingerprint density at radius 2 is 1.62 bits per heavy atom. The molecule has 4 heteroatoms. The van der Waals surface area contributed by atoms with Crippen molar-refractivity contribution in [1.29, 1.82) is 0 Å². The van der Waals surface area contributed by atoms with E-state index in [0.29, 0.717) is 0 Å². The summed E-state index contributed by atoms with van der Waals surface area (Å²) < 4.78 is 13.2. The van der Waals surface area contributed by atoms with Crippen LogP contribution in [0.3, 0.4) is 0 Å². The highest BCUT2D eigenvalue weighted by atomic mass is 35.5. The van der Waals surface area contributed by atoms with Crippen LogP contribution in [0.25, 0.3) is 22.4 Å². The number of aromatic nitrogens is 1. The van der Waals surface area contributed by atoms with Crippen LogP contribution in [0.2, 0.25) is 5.02 Å². The van der Waals surface area contributed by atoms with Gasteiger partial charge in [-0.05, 0) is 53.4 Å². The lowest BCUT2D eigenvalue weighted by Crippen LogP contribution is -2.10. The van der Waals surface area contributed by atoms with Crippen molar-refractivity contribution in [2.45, 2.75) is 13.0 Å². The quantitative estimate of drug-likeness (QED) is 0.666. The van der Waals surface area contributed by atoms with E-state index in [1.54, 1.807) is 14.2 Å². The lowest BCUT2D eigenvalue weighted by Gasteiger charge is -2.21. The first-order chi connectivity index (χ1) is 11.7. The summed E-state index contributed by atoms with van der Waals surface area (Å²) in [5.41, 5.74) is 6.08. The van der Waals surface area contributed by atoms with Gasteiger partial charge in [-0.15, -0.1) is 0 Å². The Morgan fingerprint density at radius 3 is 2.33 bits per heavy atom. The Morgan fingerprint density at radius 1 is 0.917 bits per heavy atom. The lowest BCUT2D eigenvalue weighted by molar-refractivity contribution is 0.354. The second-order valence-electron chi connectivity index (χ2n) is 5.93. The maximum atomic E-state index is 6.00. The van der Waals surface area contributed by atoms with Crippen molar-refractivity contribution in [1.82, 2.24) is 4.57 Å². The van der Waals surface area contributed by atoms with Gasteiger partial charge in [-0.1, -0.05) is 23.7 Å². The Balaban J connectivity index is 1.82. The molecule has 24 heavy (non-hydrogen) atoms. The normalized spacial score (nSPS) is 12.5. The molecule has 4 rings (SSSR count). The van der Waals surface area contributed by atoms with Crippen LogP contribution in [-0.2, 0) is 13.0 Å². The second-order valence-corrected chi connectivity index (χ2v) is 6.37. The molecule has 0 amide bonds. The average molecular weight is 340 g/mol. The SMILES string of the molecule is COc1cc2c(cc1OC)-c1cc(-c3ccc(Cl)cc3)cn1CC2. The fourth-order valence-corrected chi connectivity index (χ4v) is 3.46. The predicted octanol–water partition coefficient (Wildman–Crippen LogP) is 5.05. The maximum absolute atomic E-state index is 6.00. The highest BCUT2D eigenvalue weighted by Crippen LogP contribution is 2.40. The van der Waals surface area contributed by atoms with Gasteiger partial charge in [0.2, 0.25) is 0 Å². The van der Waals surface area contributed by atoms with Gasteiger partial charge < -0.3 is 14.0 Å². The highest BCUT2D eigenvalue weighted by molar-refractivity contribution is 6.30. The van der Waals surface area contributed by atoms with E-state index in [0.717, 1.165) is 29.5 Å². The number of hydrogen-bond donors (Lipinski definition) is 0. The van der Waals surface area contributed by atoms with Crippen LogP contribution in [0.15, 0.2) is 48.7 Å². The molecule has 0 spiro atoms. The third-order valence-corrected chi connectivity index (χ3v) is 4.83. The molecule has 0 bridgehead atoms. The minimum atomic E-state index is 0.755. The third-order valence-electron chi connectivity index (χ3n) is 4.58. The number of nitrogens with zero attached hydrogens (tertiary/aromatic N) is 1. The molecule has 1 aliphatic heterocycles. The van der Waals surface area contributed by atoms with Crippen LogP contribution in [0.1, 0.15) is 5.56 Å². The van der Waals surface area contributed by atoms with E-state index in [9.17, 15) is 0 Å². The van der Waals surface area contributed by atoms with Crippen LogP contribution in [-0.4, -0.2) is 18.8 Å². The number of benzene rings is 2. The van der Waals surface area contributed by atoms with Crippen LogP contribution in [0.5, 0.6) is 11.5 Å². The van der Waals surface area contributed by atoms with Crippen molar-refractivity contribution in [3.8, 4) is 33.9 Å². The molecule has 3 aromatic rings. The zero-order valence-electron chi connectivity index (χ0n) is 13.7. The Hall–Kier alpha value is -2.39. The standard InChI is InChI=1S/C20H18ClNO2/c1-23-19-10-14-7-8-22-12-15(13-3-5-16(21)6-4-13)9-18(22)17(14)11-20(19)24-2/h3-6,9-12H,7-8H2,1-2H3. The summed E-state index contributed by atoms with van der Waals surface area (Å²) in [6.07, 6.45) is 3.19. The highest BCUT2D eigenvalue weighted by Gasteiger charge is 2.20. The molecule has 0 unspecified atom stereocenters. The zero-order chi connectivity index (χ0) is 16.7. The Bertz CT molecular complexity index is 897. The van der Waals surface area contributed by atoms with Gasteiger partial charge in [-0.3, -0.25) is 0 Å². The van der Waals surface area contributed by atoms with Crippen molar-refractivity contribution in [2.24, 2.45) is 0 Å². The van der Waals surface area contributed by atoms with Crippen LogP contribution < -0.4 is 9.47 Å². The third kappa shape index (κ3) is 2.45.